The number of nitrogens with one attached hydrogen (secondary N) is 1. The van der Waals surface area contributed by atoms with Crippen molar-refractivity contribution in [1.82, 2.24) is 9.71 Å². The van der Waals surface area contributed by atoms with Crippen LogP contribution in [-0.4, -0.2) is 30.7 Å². The van der Waals surface area contributed by atoms with Gasteiger partial charge in [0.2, 0.25) is 10.0 Å². The Morgan fingerprint density at radius 2 is 2.06 bits per heavy atom. The second-order valence-electron chi connectivity index (χ2n) is 4.62. The van der Waals surface area contributed by atoms with Gasteiger partial charge in [-0.25, -0.2) is 13.1 Å². The van der Waals surface area contributed by atoms with Gasteiger partial charge in [0.1, 0.15) is 4.90 Å². The number of rotatable bonds is 3. The summed E-state index contributed by atoms with van der Waals surface area (Å²) in [6.45, 7) is 0. The van der Waals surface area contributed by atoms with Crippen molar-refractivity contribution in [2.45, 2.75) is 49.1 Å². The van der Waals surface area contributed by atoms with Crippen molar-refractivity contribution in [1.29, 1.82) is 0 Å². The average Bonchev–Trinajstić information content (AvgIpc) is 2.56. The summed E-state index contributed by atoms with van der Waals surface area (Å²) < 4.78 is 26.8. The molecular formula is C12H18N2O3S. The first-order chi connectivity index (χ1) is 8.59. The standard InChI is InChI=1S/C12H18N2O3S/c15-12-7-3-1-2-6-11(12)14-18(16,17)10-5-4-8-13-9-10/h4-5,8-9,11-12,14-15H,1-3,6-7H2. The molecule has 5 nitrogen and oxygen atoms in total. The fourth-order valence-corrected chi connectivity index (χ4v) is 3.47. The van der Waals surface area contributed by atoms with Crippen LogP contribution in [0, 0.1) is 0 Å². The van der Waals surface area contributed by atoms with Crippen LogP contribution in [-0.2, 0) is 10.0 Å². The van der Waals surface area contributed by atoms with Crippen LogP contribution in [0.3, 0.4) is 0 Å². The lowest BCUT2D eigenvalue weighted by atomic mass is 10.1. The summed E-state index contributed by atoms with van der Waals surface area (Å²) >= 11 is 0. The van der Waals surface area contributed by atoms with Crippen molar-refractivity contribution < 1.29 is 13.5 Å². The molecule has 0 aromatic carbocycles. The SMILES string of the molecule is O=S(=O)(NC1CCCCCC1O)c1cccnc1. The monoisotopic (exact) mass is 270 g/mol. The van der Waals surface area contributed by atoms with Crippen LogP contribution >= 0.6 is 0 Å². The van der Waals surface area contributed by atoms with Crippen LogP contribution in [0.2, 0.25) is 0 Å². The normalized spacial score (nSPS) is 25.6. The summed E-state index contributed by atoms with van der Waals surface area (Å²) in [4.78, 5) is 3.94. The van der Waals surface area contributed by atoms with Gasteiger partial charge in [-0.15, -0.1) is 0 Å². The zero-order valence-corrected chi connectivity index (χ0v) is 10.9. The number of hydrogen-bond acceptors (Lipinski definition) is 4. The molecule has 0 bridgehead atoms. The van der Waals surface area contributed by atoms with Crippen LogP contribution in [0.1, 0.15) is 32.1 Å². The van der Waals surface area contributed by atoms with Crippen LogP contribution < -0.4 is 4.72 Å². The lowest BCUT2D eigenvalue weighted by molar-refractivity contribution is 0.130. The number of sulfonamides is 1. The second kappa shape index (κ2) is 5.77. The quantitative estimate of drug-likeness (QED) is 0.805. The molecule has 1 fully saturated rings. The Labute approximate surface area is 107 Å². The number of aliphatic hydroxyl groups is 1. The van der Waals surface area contributed by atoms with Gasteiger partial charge in [-0.2, -0.15) is 0 Å². The molecule has 18 heavy (non-hydrogen) atoms. The molecule has 1 aromatic rings. The summed E-state index contributed by atoms with van der Waals surface area (Å²) in [5.74, 6) is 0. The lowest BCUT2D eigenvalue weighted by Crippen LogP contribution is -2.42. The zero-order chi connectivity index (χ0) is 13.0. The third-order valence-electron chi connectivity index (χ3n) is 3.23. The number of nitrogens with zero attached hydrogens (tertiary/aromatic N) is 1. The molecule has 1 aliphatic rings. The van der Waals surface area contributed by atoms with Gasteiger partial charge < -0.3 is 5.11 Å². The molecule has 1 saturated carbocycles. The summed E-state index contributed by atoms with van der Waals surface area (Å²) in [7, 11) is -3.58. The van der Waals surface area contributed by atoms with Crippen LogP contribution in [0.5, 0.6) is 0 Å². The summed E-state index contributed by atoms with van der Waals surface area (Å²) in [6.07, 6.45) is 6.51. The molecule has 2 atom stereocenters. The van der Waals surface area contributed by atoms with E-state index in [-0.39, 0.29) is 4.90 Å². The van der Waals surface area contributed by atoms with E-state index in [4.69, 9.17) is 0 Å². The molecule has 2 N–H and O–H groups in total. The maximum absolute atomic E-state index is 12.1. The Bertz CT molecular complexity index is 475. The highest BCUT2D eigenvalue weighted by atomic mass is 32.2. The zero-order valence-electron chi connectivity index (χ0n) is 10.1. The summed E-state index contributed by atoms with van der Waals surface area (Å²) in [6, 6.07) is 2.69. The van der Waals surface area contributed by atoms with Gasteiger partial charge in [0, 0.05) is 18.4 Å². The molecule has 2 rings (SSSR count). The molecule has 0 aliphatic heterocycles. The highest BCUT2D eigenvalue weighted by Gasteiger charge is 2.26. The van der Waals surface area contributed by atoms with E-state index in [1.165, 1.54) is 18.5 Å². The summed E-state index contributed by atoms with van der Waals surface area (Å²) in [5, 5.41) is 9.92. The Morgan fingerprint density at radius 1 is 1.28 bits per heavy atom. The molecule has 0 spiro atoms. The predicted molar refractivity (Wildman–Crippen MR) is 67.4 cm³/mol. The van der Waals surface area contributed by atoms with E-state index in [2.05, 4.69) is 9.71 Å². The number of aromatic nitrogens is 1. The molecule has 1 aromatic heterocycles. The Balaban J connectivity index is 2.12. The van der Waals surface area contributed by atoms with Crippen molar-refractivity contribution in [3.05, 3.63) is 24.5 Å². The minimum absolute atomic E-state index is 0.140. The van der Waals surface area contributed by atoms with Gasteiger partial charge in [-0.05, 0) is 25.0 Å². The smallest absolute Gasteiger partial charge is 0.242 e. The van der Waals surface area contributed by atoms with E-state index in [9.17, 15) is 13.5 Å². The van der Waals surface area contributed by atoms with Gasteiger partial charge in [0.25, 0.3) is 0 Å². The third kappa shape index (κ3) is 3.28. The maximum atomic E-state index is 12.1. The highest BCUT2D eigenvalue weighted by molar-refractivity contribution is 7.89. The van der Waals surface area contributed by atoms with Crippen molar-refractivity contribution in [3.8, 4) is 0 Å². The van der Waals surface area contributed by atoms with E-state index >= 15 is 0 Å². The predicted octanol–water partition coefficient (Wildman–Crippen LogP) is 1.05. The fourth-order valence-electron chi connectivity index (χ4n) is 2.20. The molecule has 1 heterocycles. The molecule has 0 saturated heterocycles. The van der Waals surface area contributed by atoms with Crippen LogP contribution in [0.25, 0.3) is 0 Å². The molecule has 0 amide bonds. The average molecular weight is 270 g/mol. The van der Waals surface area contributed by atoms with E-state index in [1.807, 2.05) is 0 Å². The molecule has 6 heteroatoms. The molecule has 1 aliphatic carbocycles. The van der Waals surface area contributed by atoms with Crippen LogP contribution in [0.15, 0.2) is 29.4 Å². The molecular weight excluding hydrogens is 252 g/mol. The van der Waals surface area contributed by atoms with E-state index in [0.717, 1.165) is 19.3 Å². The number of pyridine rings is 1. The van der Waals surface area contributed by atoms with Gasteiger partial charge >= 0.3 is 0 Å². The first-order valence-electron chi connectivity index (χ1n) is 6.20. The van der Waals surface area contributed by atoms with Crippen molar-refractivity contribution >= 4 is 10.0 Å². The first-order valence-corrected chi connectivity index (χ1v) is 7.68. The van der Waals surface area contributed by atoms with E-state index in [0.29, 0.717) is 12.8 Å². The van der Waals surface area contributed by atoms with E-state index < -0.39 is 22.2 Å². The first kappa shape index (κ1) is 13.5. The Morgan fingerprint density at radius 3 is 2.78 bits per heavy atom. The number of aliphatic hydroxyl groups excluding tert-OH is 1. The molecule has 2 unspecified atom stereocenters. The topological polar surface area (TPSA) is 79.3 Å². The van der Waals surface area contributed by atoms with Crippen molar-refractivity contribution in [2.24, 2.45) is 0 Å². The minimum Gasteiger partial charge on any atom is -0.391 e. The van der Waals surface area contributed by atoms with Crippen molar-refractivity contribution in [2.75, 3.05) is 0 Å². The van der Waals surface area contributed by atoms with Gasteiger partial charge in [0.05, 0.1) is 6.10 Å². The van der Waals surface area contributed by atoms with Gasteiger partial charge in [0.15, 0.2) is 0 Å². The maximum Gasteiger partial charge on any atom is 0.242 e. The largest absolute Gasteiger partial charge is 0.391 e. The van der Waals surface area contributed by atoms with Gasteiger partial charge in [-0.3, -0.25) is 4.98 Å². The number of hydrogen-bond donors (Lipinski definition) is 2. The van der Waals surface area contributed by atoms with Gasteiger partial charge in [-0.1, -0.05) is 19.3 Å². The highest BCUT2D eigenvalue weighted by Crippen LogP contribution is 2.19. The molecule has 0 radical (unpaired) electrons. The summed E-state index contributed by atoms with van der Waals surface area (Å²) in [5.41, 5.74) is 0. The molecule has 100 valence electrons. The fraction of sp³-hybridized carbons (Fsp3) is 0.583. The second-order valence-corrected chi connectivity index (χ2v) is 6.34. The third-order valence-corrected chi connectivity index (χ3v) is 4.71. The lowest BCUT2D eigenvalue weighted by Gasteiger charge is -2.21. The van der Waals surface area contributed by atoms with E-state index in [1.54, 1.807) is 6.07 Å². The van der Waals surface area contributed by atoms with Crippen LogP contribution in [0.4, 0.5) is 0 Å². The minimum atomic E-state index is -3.58. The Kier molecular flexibility index (Phi) is 4.31. The Hall–Kier alpha value is -0.980. The van der Waals surface area contributed by atoms with Crippen molar-refractivity contribution in [3.63, 3.8) is 0 Å².